The quantitative estimate of drug-likeness (QED) is 0.672. The monoisotopic (exact) mass is 238 g/mol. The van der Waals surface area contributed by atoms with Crippen molar-refractivity contribution >= 4 is 0 Å². The molecule has 0 N–H and O–H groups in total. The molecule has 0 aromatic heterocycles. The van der Waals surface area contributed by atoms with Crippen LogP contribution in [0.5, 0.6) is 0 Å². The molecule has 94 valence electrons. The lowest BCUT2D eigenvalue weighted by molar-refractivity contribution is -0.0408. The molecule has 17 heavy (non-hydrogen) atoms. The van der Waals surface area contributed by atoms with Crippen LogP contribution in [0.2, 0.25) is 0 Å². The second-order valence-electron chi connectivity index (χ2n) is 5.47. The largest absolute Gasteiger partial charge is 0.248 e. The summed E-state index contributed by atoms with van der Waals surface area (Å²) in [6.45, 7) is 4.29. The fourth-order valence-corrected chi connectivity index (χ4v) is 2.61. The van der Waals surface area contributed by atoms with Crippen LogP contribution in [-0.2, 0) is 0 Å². The maximum atomic E-state index is 13.3. The van der Waals surface area contributed by atoms with Crippen LogP contribution in [0.15, 0.2) is 24.3 Å². The van der Waals surface area contributed by atoms with Crippen molar-refractivity contribution in [3.8, 4) is 0 Å². The lowest BCUT2D eigenvalue weighted by atomic mass is 9.81. The average Bonchev–Trinajstić information content (AvgIpc) is 2.28. The highest BCUT2D eigenvalue weighted by Gasteiger charge is 2.36. The Kier molecular flexibility index (Phi) is 3.50. The molecule has 1 aliphatic rings. The SMILES string of the molecule is CC(C)c1ccc(C2CCCC(F)(F)C2)cc1. The fourth-order valence-electron chi connectivity index (χ4n) is 2.61. The van der Waals surface area contributed by atoms with Crippen molar-refractivity contribution in [2.45, 2.75) is 57.3 Å². The molecule has 1 aromatic carbocycles. The molecule has 1 aliphatic carbocycles. The molecule has 0 aliphatic heterocycles. The summed E-state index contributed by atoms with van der Waals surface area (Å²) in [4.78, 5) is 0. The van der Waals surface area contributed by atoms with E-state index in [1.807, 2.05) is 12.1 Å². The number of rotatable bonds is 2. The molecule has 1 unspecified atom stereocenters. The lowest BCUT2D eigenvalue weighted by Gasteiger charge is -2.29. The van der Waals surface area contributed by atoms with Crippen molar-refractivity contribution in [3.63, 3.8) is 0 Å². The Hall–Kier alpha value is -0.920. The summed E-state index contributed by atoms with van der Waals surface area (Å²) in [6.07, 6.45) is 1.63. The van der Waals surface area contributed by atoms with Gasteiger partial charge in [-0.15, -0.1) is 0 Å². The van der Waals surface area contributed by atoms with Crippen LogP contribution in [-0.4, -0.2) is 5.92 Å². The maximum absolute atomic E-state index is 13.3. The third-order valence-electron chi connectivity index (χ3n) is 3.71. The summed E-state index contributed by atoms with van der Waals surface area (Å²) < 4.78 is 26.7. The van der Waals surface area contributed by atoms with E-state index in [0.717, 1.165) is 12.0 Å². The molecule has 2 heteroatoms. The highest BCUT2D eigenvalue weighted by molar-refractivity contribution is 5.27. The van der Waals surface area contributed by atoms with Crippen molar-refractivity contribution in [1.82, 2.24) is 0 Å². The number of benzene rings is 1. The summed E-state index contributed by atoms with van der Waals surface area (Å²) in [5.74, 6) is -1.92. The molecule has 0 amide bonds. The molecule has 0 spiro atoms. The second-order valence-corrected chi connectivity index (χ2v) is 5.47. The second kappa shape index (κ2) is 4.75. The van der Waals surface area contributed by atoms with Crippen LogP contribution < -0.4 is 0 Å². The third-order valence-corrected chi connectivity index (χ3v) is 3.71. The zero-order valence-electron chi connectivity index (χ0n) is 10.5. The van der Waals surface area contributed by atoms with Gasteiger partial charge in [-0.05, 0) is 35.8 Å². The van der Waals surface area contributed by atoms with E-state index in [1.54, 1.807) is 0 Å². The van der Waals surface area contributed by atoms with Gasteiger partial charge in [0.1, 0.15) is 0 Å². The van der Waals surface area contributed by atoms with Gasteiger partial charge in [0.15, 0.2) is 0 Å². The Balaban J connectivity index is 2.12. The molecule has 0 nitrogen and oxygen atoms in total. The molecule has 0 radical (unpaired) electrons. The fraction of sp³-hybridized carbons (Fsp3) is 0.600. The molecular formula is C15H20F2. The van der Waals surface area contributed by atoms with E-state index in [4.69, 9.17) is 0 Å². The Morgan fingerprint density at radius 3 is 2.35 bits per heavy atom. The Labute approximate surface area is 102 Å². The summed E-state index contributed by atoms with van der Waals surface area (Å²) >= 11 is 0. The first-order valence-electron chi connectivity index (χ1n) is 6.45. The van der Waals surface area contributed by atoms with E-state index in [-0.39, 0.29) is 18.8 Å². The van der Waals surface area contributed by atoms with Gasteiger partial charge < -0.3 is 0 Å². The van der Waals surface area contributed by atoms with Crippen LogP contribution >= 0.6 is 0 Å². The van der Waals surface area contributed by atoms with E-state index < -0.39 is 5.92 Å². The van der Waals surface area contributed by atoms with Crippen molar-refractivity contribution < 1.29 is 8.78 Å². The summed E-state index contributed by atoms with van der Waals surface area (Å²) in [7, 11) is 0. The molecule has 1 fully saturated rings. The number of halogens is 2. The first-order valence-corrected chi connectivity index (χ1v) is 6.45. The normalized spacial score (nSPS) is 23.9. The maximum Gasteiger partial charge on any atom is 0.248 e. The van der Waals surface area contributed by atoms with E-state index in [2.05, 4.69) is 26.0 Å². The molecule has 0 heterocycles. The minimum Gasteiger partial charge on any atom is -0.207 e. The van der Waals surface area contributed by atoms with Gasteiger partial charge in [-0.1, -0.05) is 38.1 Å². The van der Waals surface area contributed by atoms with Crippen LogP contribution in [0.4, 0.5) is 8.78 Å². The third kappa shape index (κ3) is 3.05. The minimum atomic E-state index is -2.46. The van der Waals surface area contributed by atoms with E-state index in [9.17, 15) is 8.78 Å². The first-order chi connectivity index (χ1) is 7.98. The standard InChI is InChI=1S/C15H20F2/c1-11(2)12-5-7-13(8-6-12)14-4-3-9-15(16,17)10-14/h5-8,11,14H,3-4,9-10H2,1-2H3. The smallest absolute Gasteiger partial charge is 0.207 e. The van der Waals surface area contributed by atoms with Gasteiger partial charge in [-0.3, -0.25) is 0 Å². The van der Waals surface area contributed by atoms with Crippen molar-refractivity contribution in [1.29, 1.82) is 0 Å². The highest BCUT2D eigenvalue weighted by atomic mass is 19.3. The zero-order chi connectivity index (χ0) is 12.5. The van der Waals surface area contributed by atoms with Crippen LogP contribution in [0.3, 0.4) is 0 Å². The molecule has 0 saturated heterocycles. The van der Waals surface area contributed by atoms with E-state index in [1.165, 1.54) is 5.56 Å². The predicted molar refractivity (Wildman–Crippen MR) is 66.7 cm³/mol. The number of hydrogen-bond donors (Lipinski definition) is 0. The van der Waals surface area contributed by atoms with Crippen molar-refractivity contribution in [3.05, 3.63) is 35.4 Å². The molecular weight excluding hydrogens is 218 g/mol. The van der Waals surface area contributed by atoms with E-state index >= 15 is 0 Å². The molecule has 1 aromatic rings. The highest BCUT2D eigenvalue weighted by Crippen LogP contribution is 2.41. The van der Waals surface area contributed by atoms with Gasteiger partial charge in [0.2, 0.25) is 5.92 Å². The van der Waals surface area contributed by atoms with Gasteiger partial charge in [0.25, 0.3) is 0 Å². The van der Waals surface area contributed by atoms with E-state index in [0.29, 0.717) is 12.3 Å². The van der Waals surface area contributed by atoms with Gasteiger partial charge >= 0.3 is 0 Å². The predicted octanol–water partition coefficient (Wildman–Crippen LogP) is 5.10. The van der Waals surface area contributed by atoms with Gasteiger partial charge in [-0.25, -0.2) is 8.78 Å². The Morgan fingerprint density at radius 2 is 1.82 bits per heavy atom. The summed E-state index contributed by atoms with van der Waals surface area (Å²) in [5, 5.41) is 0. The van der Waals surface area contributed by atoms with Gasteiger partial charge in [0, 0.05) is 12.8 Å². The minimum absolute atomic E-state index is 0.0219. The zero-order valence-corrected chi connectivity index (χ0v) is 10.5. The molecule has 1 saturated carbocycles. The van der Waals surface area contributed by atoms with Crippen molar-refractivity contribution in [2.75, 3.05) is 0 Å². The summed E-state index contributed by atoms with van der Waals surface area (Å²) in [6, 6.07) is 8.21. The number of hydrogen-bond acceptors (Lipinski definition) is 0. The summed E-state index contributed by atoms with van der Waals surface area (Å²) in [5.41, 5.74) is 2.35. The van der Waals surface area contributed by atoms with Gasteiger partial charge in [0.05, 0.1) is 0 Å². The first kappa shape index (κ1) is 12.5. The number of alkyl halides is 2. The Bertz CT molecular complexity index is 365. The van der Waals surface area contributed by atoms with Crippen molar-refractivity contribution in [2.24, 2.45) is 0 Å². The molecule has 2 rings (SSSR count). The van der Waals surface area contributed by atoms with Gasteiger partial charge in [-0.2, -0.15) is 0 Å². The molecule has 1 atom stereocenters. The van der Waals surface area contributed by atoms with Crippen LogP contribution in [0.25, 0.3) is 0 Å². The van der Waals surface area contributed by atoms with Crippen LogP contribution in [0, 0.1) is 0 Å². The Morgan fingerprint density at radius 1 is 1.18 bits per heavy atom. The molecule has 0 bridgehead atoms. The van der Waals surface area contributed by atoms with Crippen LogP contribution in [0.1, 0.15) is 62.5 Å². The lowest BCUT2D eigenvalue weighted by Crippen LogP contribution is -2.24. The average molecular weight is 238 g/mol. The topological polar surface area (TPSA) is 0 Å².